The number of rotatable bonds is 5. The van der Waals surface area contributed by atoms with Gasteiger partial charge in [0.1, 0.15) is 0 Å². The fourth-order valence-corrected chi connectivity index (χ4v) is 2.65. The van der Waals surface area contributed by atoms with Crippen LogP contribution in [0.25, 0.3) is 5.57 Å². The summed E-state index contributed by atoms with van der Waals surface area (Å²) in [5.74, 6) is 0. The van der Waals surface area contributed by atoms with Crippen LogP contribution >= 0.6 is 0 Å². The zero-order valence-electron chi connectivity index (χ0n) is 11.6. The molecule has 0 aliphatic heterocycles. The van der Waals surface area contributed by atoms with Crippen LogP contribution in [0.1, 0.15) is 25.8 Å². The van der Waals surface area contributed by atoms with Crippen LogP contribution in [0.15, 0.2) is 36.9 Å². The SMILES string of the molecule is C=C(CNC1CC(OC)C1(C)C)c1ccccc1. The molecule has 1 aromatic rings. The van der Waals surface area contributed by atoms with Gasteiger partial charge in [-0.15, -0.1) is 0 Å². The lowest BCUT2D eigenvalue weighted by Gasteiger charge is -2.51. The highest BCUT2D eigenvalue weighted by atomic mass is 16.5. The van der Waals surface area contributed by atoms with Crippen molar-refractivity contribution in [1.82, 2.24) is 5.32 Å². The summed E-state index contributed by atoms with van der Waals surface area (Å²) in [5, 5.41) is 3.59. The summed E-state index contributed by atoms with van der Waals surface area (Å²) >= 11 is 0. The molecule has 1 saturated carbocycles. The van der Waals surface area contributed by atoms with Gasteiger partial charge in [0.15, 0.2) is 0 Å². The maximum atomic E-state index is 5.46. The molecular formula is C16H23NO. The molecule has 0 aromatic heterocycles. The van der Waals surface area contributed by atoms with Crippen molar-refractivity contribution in [1.29, 1.82) is 0 Å². The Bertz CT molecular complexity index is 410. The Hall–Kier alpha value is -1.12. The summed E-state index contributed by atoms with van der Waals surface area (Å²) in [6, 6.07) is 10.9. The molecule has 2 atom stereocenters. The molecule has 1 aromatic carbocycles. The van der Waals surface area contributed by atoms with Crippen LogP contribution in [0, 0.1) is 5.41 Å². The molecule has 0 spiro atoms. The van der Waals surface area contributed by atoms with Gasteiger partial charge in [0, 0.05) is 25.1 Å². The molecule has 0 radical (unpaired) electrons. The lowest BCUT2D eigenvalue weighted by atomic mass is 9.64. The third kappa shape index (κ3) is 2.50. The molecule has 2 heteroatoms. The van der Waals surface area contributed by atoms with Crippen molar-refractivity contribution in [3.8, 4) is 0 Å². The van der Waals surface area contributed by atoms with Gasteiger partial charge in [0.2, 0.25) is 0 Å². The summed E-state index contributed by atoms with van der Waals surface area (Å²) in [4.78, 5) is 0. The number of nitrogens with one attached hydrogen (secondary N) is 1. The van der Waals surface area contributed by atoms with E-state index in [1.807, 2.05) is 6.07 Å². The maximum Gasteiger partial charge on any atom is 0.0652 e. The van der Waals surface area contributed by atoms with E-state index >= 15 is 0 Å². The predicted octanol–water partition coefficient (Wildman–Crippen LogP) is 3.10. The first-order valence-electron chi connectivity index (χ1n) is 6.55. The lowest BCUT2D eigenvalue weighted by molar-refractivity contribution is -0.0962. The summed E-state index contributed by atoms with van der Waals surface area (Å²) in [7, 11) is 1.80. The van der Waals surface area contributed by atoms with E-state index < -0.39 is 0 Å². The normalized spacial score (nSPS) is 25.5. The van der Waals surface area contributed by atoms with E-state index in [1.165, 1.54) is 5.56 Å². The van der Waals surface area contributed by atoms with Gasteiger partial charge in [-0.3, -0.25) is 0 Å². The second-order valence-corrected chi connectivity index (χ2v) is 5.68. The average molecular weight is 245 g/mol. The number of benzene rings is 1. The highest BCUT2D eigenvalue weighted by molar-refractivity contribution is 5.64. The second-order valence-electron chi connectivity index (χ2n) is 5.68. The topological polar surface area (TPSA) is 21.3 Å². The van der Waals surface area contributed by atoms with E-state index in [1.54, 1.807) is 7.11 Å². The monoisotopic (exact) mass is 245 g/mol. The van der Waals surface area contributed by atoms with Crippen LogP contribution < -0.4 is 5.32 Å². The van der Waals surface area contributed by atoms with Crippen molar-refractivity contribution in [2.45, 2.75) is 32.4 Å². The van der Waals surface area contributed by atoms with Gasteiger partial charge in [-0.25, -0.2) is 0 Å². The van der Waals surface area contributed by atoms with Gasteiger partial charge >= 0.3 is 0 Å². The Labute approximate surface area is 110 Å². The van der Waals surface area contributed by atoms with Crippen LogP contribution in [0.3, 0.4) is 0 Å². The smallest absolute Gasteiger partial charge is 0.0652 e. The minimum atomic E-state index is 0.214. The molecule has 2 rings (SSSR count). The third-order valence-corrected chi connectivity index (χ3v) is 4.21. The molecule has 98 valence electrons. The highest BCUT2D eigenvalue weighted by Crippen LogP contribution is 2.42. The Morgan fingerprint density at radius 2 is 2.06 bits per heavy atom. The number of methoxy groups -OCH3 is 1. The molecule has 18 heavy (non-hydrogen) atoms. The van der Waals surface area contributed by atoms with E-state index in [2.05, 4.69) is 50.0 Å². The fourth-order valence-electron chi connectivity index (χ4n) is 2.65. The van der Waals surface area contributed by atoms with E-state index in [4.69, 9.17) is 4.74 Å². The molecule has 2 nitrogen and oxygen atoms in total. The minimum absolute atomic E-state index is 0.214. The van der Waals surface area contributed by atoms with Crippen LogP contribution in [0.5, 0.6) is 0 Å². The Kier molecular flexibility index (Phi) is 3.88. The van der Waals surface area contributed by atoms with Crippen molar-refractivity contribution in [3.63, 3.8) is 0 Å². The molecule has 2 unspecified atom stereocenters. The maximum absolute atomic E-state index is 5.46. The van der Waals surface area contributed by atoms with Crippen LogP contribution in [-0.2, 0) is 4.74 Å². The Balaban J connectivity index is 1.85. The average Bonchev–Trinajstić information content (AvgIpc) is 2.38. The molecule has 0 amide bonds. The first-order chi connectivity index (χ1) is 8.55. The largest absolute Gasteiger partial charge is 0.381 e. The second kappa shape index (κ2) is 5.25. The molecular weight excluding hydrogens is 222 g/mol. The molecule has 1 N–H and O–H groups in total. The predicted molar refractivity (Wildman–Crippen MR) is 76.5 cm³/mol. The molecule has 1 aliphatic carbocycles. The summed E-state index contributed by atoms with van der Waals surface area (Å²) in [5.41, 5.74) is 2.57. The van der Waals surface area contributed by atoms with Gasteiger partial charge in [-0.2, -0.15) is 0 Å². The summed E-state index contributed by atoms with van der Waals surface area (Å²) in [6.45, 7) is 9.51. The highest BCUT2D eigenvalue weighted by Gasteiger charge is 2.48. The lowest BCUT2D eigenvalue weighted by Crippen LogP contribution is -2.60. The van der Waals surface area contributed by atoms with Crippen LogP contribution in [0.4, 0.5) is 0 Å². The molecule has 1 fully saturated rings. The van der Waals surface area contributed by atoms with E-state index in [-0.39, 0.29) is 5.41 Å². The van der Waals surface area contributed by atoms with Gasteiger partial charge < -0.3 is 10.1 Å². The zero-order valence-corrected chi connectivity index (χ0v) is 11.6. The first kappa shape index (κ1) is 13.3. The quantitative estimate of drug-likeness (QED) is 0.860. The fraction of sp³-hybridized carbons (Fsp3) is 0.500. The van der Waals surface area contributed by atoms with Gasteiger partial charge in [-0.1, -0.05) is 50.8 Å². The molecule has 1 aliphatic rings. The van der Waals surface area contributed by atoms with E-state index in [9.17, 15) is 0 Å². The van der Waals surface area contributed by atoms with Gasteiger partial charge in [-0.05, 0) is 17.6 Å². The van der Waals surface area contributed by atoms with Crippen LogP contribution in [-0.4, -0.2) is 25.8 Å². The van der Waals surface area contributed by atoms with Crippen LogP contribution in [0.2, 0.25) is 0 Å². The van der Waals surface area contributed by atoms with Crippen molar-refractivity contribution in [2.75, 3.05) is 13.7 Å². The van der Waals surface area contributed by atoms with E-state index in [0.717, 1.165) is 18.5 Å². The van der Waals surface area contributed by atoms with E-state index in [0.29, 0.717) is 12.1 Å². The summed E-state index contributed by atoms with van der Waals surface area (Å²) in [6.07, 6.45) is 1.46. The first-order valence-corrected chi connectivity index (χ1v) is 6.55. The third-order valence-electron chi connectivity index (χ3n) is 4.21. The Morgan fingerprint density at radius 3 is 2.61 bits per heavy atom. The van der Waals surface area contributed by atoms with Crippen molar-refractivity contribution < 1.29 is 4.74 Å². The standard InChI is InChI=1S/C16H23NO/c1-12(13-8-6-5-7-9-13)11-17-14-10-15(18-4)16(14,2)3/h5-9,14-15,17H,1,10-11H2,2-4H3. The van der Waals surface area contributed by atoms with Gasteiger partial charge in [0.05, 0.1) is 6.10 Å². The van der Waals surface area contributed by atoms with Crippen molar-refractivity contribution >= 4 is 5.57 Å². The number of ether oxygens (including phenoxy) is 1. The molecule has 0 heterocycles. The van der Waals surface area contributed by atoms with Crippen molar-refractivity contribution in [3.05, 3.63) is 42.5 Å². The van der Waals surface area contributed by atoms with Crippen molar-refractivity contribution in [2.24, 2.45) is 5.41 Å². The molecule has 0 bridgehead atoms. The van der Waals surface area contributed by atoms with Gasteiger partial charge in [0.25, 0.3) is 0 Å². The number of hydrogen-bond acceptors (Lipinski definition) is 2. The number of hydrogen-bond donors (Lipinski definition) is 1. The Morgan fingerprint density at radius 1 is 1.39 bits per heavy atom. The molecule has 0 saturated heterocycles. The summed E-state index contributed by atoms with van der Waals surface area (Å²) < 4.78 is 5.46. The minimum Gasteiger partial charge on any atom is -0.381 e. The zero-order chi connectivity index (χ0) is 13.2.